The first-order valence-electron chi connectivity index (χ1n) is 7.25. The molecule has 0 spiro atoms. The summed E-state index contributed by atoms with van der Waals surface area (Å²) in [4.78, 5) is 11.7. The Morgan fingerprint density at radius 2 is 2.00 bits per heavy atom. The van der Waals surface area contributed by atoms with Crippen molar-refractivity contribution in [2.45, 2.75) is 64.5 Å². The zero-order valence-corrected chi connectivity index (χ0v) is 11.7. The molecule has 1 aliphatic rings. The molecule has 4 nitrogen and oxygen atoms in total. The van der Waals surface area contributed by atoms with Crippen molar-refractivity contribution in [3.8, 4) is 0 Å². The predicted octanol–water partition coefficient (Wildman–Crippen LogP) is 1.86. The van der Waals surface area contributed by atoms with Crippen LogP contribution in [0, 0.1) is 5.92 Å². The van der Waals surface area contributed by atoms with Crippen molar-refractivity contribution in [2.75, 3.05) is 13.2 Å². The number of hydrogen-bond acceptors (Lipinski definition) is 4. The van der Waals surface area contributed by atoms with Crippen LogP contribution in [0.5, 0.6) is 0 Å². The number of nitrogens with one attached hydrogen (secondary N) is 1. The third kappa shape index (κ3) is 5.36. The highest BCUT2D eigenvalue weighted by Crippen LogP contribution is 2.23. The zero-order valence-electron chi connectivity index (χ0n) is 11.7. The first-order valence-corrected chi connectivity index (χ1v) is 7.25. The van der Waals surface area contributed by atoms with Crippen LogP contribution < -0.4 is 5.32 Å². The largest absolute Gasteiger partial charge is 0.465 e. The van der Waals surface area contributed by atoms with Gasteiger partial charge in [-0.2, -0.15) is 0 Å². The molecule has 1 fully saturated rings. The van der Waals surface area contributed by atoms with Crippen molar-refractivity contribution < 1.29 is 14.6 Å². The maximum Gasteiger partial charge on any atom is 0.323 e. The predicted molar refractivity (Wildman–Crippen MR) is 71.3 cm³/mol. The van der Waals surface area contributed by atoms with Gasteiger partial charge in [-0.25, -0.2) is 0 Å². The van der Waals surface area contributed by atoms with Crippen molar-refractivity contribution in [1.29, 1.82) is 0 Å². The third-order valence-corrected chi connectivity index (χ3v) is 3.62. The summed E-state index contributed by atoms with van der Waals surface area (Å²) in [7, 11) is 0. The van der Waals surface area contributed by atoms with E-state index in [0.717, 1.165) is 45.1 Å². The Bertz CT molecular complexity index is 237. The number of hydrogen-bond donors (Lipinski definition) is 2. The second-order valence-corrected chi connectivity index (χ2v) is 5.18. The molecule has 4 heteroatoms. The Morgan fingerprint density at radius 3 is 2.56 bits per heavy atom. The number of aliphatic hydroxyl groups excluding tert-OH is 1. The highest BCUT2D eigenvalue weighted by molar-refractivity contribution is 5.75. The van der Waals surface area contributed by atoms with E-state index >= 15 is 0 Å². The highest BCUT2D eigenvalue weighted by atomic mass is 16.5. The molecule has 1 rings (SSSR count). The van der Waals surface area contributed by atoms with Gasteiger partial charge >= 0.3 is 5.97 Å². The summed E-state index contributed by atoms with van der Waals surface area (Å²) in [5.74, 6) is 0.456. The molecule has 0 aromatic heterocycles. The first kappa shape index (κ1) is 15.4. The standard InChI is InChI=1S/C14H27NO3/c1-3-5-13(14(17)18-4-2)15-10-11-6-8-12(16)9-7-11/h11-13,15-16H,3-10H2,1-2H3. The summed E-state index contributed by atoms with van der Waals surface area (Å²) in [5, 5.41) is 12.8. The molecular weight excluding hydrogens is 230 g/mol. The van der Waals surface area contributed by atoms with Crippen LogP contribution in [0.2, 0.25) is 0 Å². The summed E-state index contributed by atoms with van der Waals surface area (Å²) >= 11 is 0. The number of aliphatic hydroxyl groups is 1. The Kier molecular flexibility index (Phi) is 7.28. The van der Waals surface area contributed by atoms with Crippen LogP contribution in [-0.4, -0.2) is 36.4 Å². The molecule has 18 heavy (non-hydrogen) atoms. The zero-order chi connectivity index (χ0) is 13.4. The van der Waals surface area contributed by atoms with E-state index in [1.54, 1.807) is 0 Å². The minimum Gasteiger partial charge on any atom is -0.465 e. The van der Waals surface area contributed by atoms with E-state index in [2.05, 4.69) is 12.2 Å². The van der Waals surface area contributed by atoms with Gasteiger partial charge in [0.15, 0.2) is 0 Å². The van der Waals surface area contributed by atoms with Crippen LogP contribution >= 0.6 is 0 Å². The normalized spacial score (nSPS) is 25.7. The van der Waals surface area contributed by atoms with Crippen LogP contribution in [0.4, 0.5) is 0 Å². The second-order valence-electron chi connectivity index (χ2n) is 5.18. The summed E-state index contributed by atoms with van der Waals surface area (Å²) < 4.78 is 5.07. The van der Waals surface area contributed by atoms with E-state index in [0.29, 0.717) is 12.5 Å². The molecule has 0 aromatic carbocycles. The molecule has 0 bridgehead atoms. The second kappa shape index (κ2) is 8.48. The van der Waals surface area contributed by atoms with E-state index in [9.17, 15) is 9.90 Å². The van der Waals surface area contributed by atoms with Crippen LogP contribution in [0.1, 0.15) is 52.4 Å². The van der Waals surface area contributed by atoms with Crippen LogP contribution in [0.15, 0.2) is 0 Å². The fourth-order valence-electron chi connectivity index (χ4n) is 2.49. The molecule has 2 N–H and O–H groups in total. The first-order chi connectivity index (χ1) is 8.67. The molecule has 0 saturated heterocycles. The highest BCUT2D eigenvalue weighted by Gasteiger charge is 2.23. The molecular formula is C14H27NO3. The van der Waals surface area contributed by atoms with E-state index in [1.165, 1.54) is 0 Å². The summed E-state index contributed by atoms with van der Waals surface area (Å²) in [6.45, 7) is 5.21. The van der Waals surface area contributed by atoms with Gasteiger partial charge in [-0.15, -0.1) is 0 Å². The Balaban J connectivity index is 2.30. The Labute approximate surface area is 110 Å². The monoisotopic (exact) mass is 257 g/mol. The van der Waals surface area contributed by atoms with Gasteiger partial charge in [-0.3, -0.25) is 4.79 Å². The topological polar surface area (TPSA) is 58.6 Å². The van der Waals surface area contributed by atoms with Gasteiger partial charge in [-0.1, -0.05) is 13.3 Å². The molecule has 1 atom stereocenters. The summed E-state index contributed by atoms with van der Waals surface area (Å²) in [5.41, 5.74) is 0. The SMILES string of the molecule is CCCC(NCC1CCC(O)CC1)C(=O)OCC. The Hall–Kier alpha value is -0.610. The average Bonchev–Trinajstić information content (AvgIpc) is 2.36. The van der Waals surface area contributed by atoms with Gasteiger partial charge in [0.05, 0.1) is 12.7 Å². The lowest BCUT2D eigenvalue weighted by Gasteiger charge is -2.27. The van der Waals surface area contributed by atoms with E-state index in [1.807, 2.05) is 6.92 Å². The lowest BCUT2D eigenvalue weighted by molar-refractivity contribution is -0.145. The Morgan fingerprint density at radius 1 is 1.33 bits per heavy atom. The molecule has 0 amide bonds. The number of carbonyl (C=O) groups excluding carboxylic acids is 1. The number of carbonyl (C=O) groups is 1. The molecule has 0 aromatic rings. The fourth-order valence-corrected chi connectivity index (χ4v) is 2.49. The molecule has 106 valence electrons. The molecule has 0 radical (unpaired) electrons. The smallest absolute Gasteiger partial charge is 0.323 e. The number of rotatable bonds is 7. The van der Waals surface area contributed by atoms with Gasteiger partial charge in [0.1, 0.15) is 6.04 Å². The van der Waals surface area contributed by atoms with Crippen molar-refractivity contribution >= 4 is 5.97 Å². The molecule has 1 unspecified atom stereocenters. The fraction of sp³-hybridized carbons (Fsp3) is 0.929. The number of esters is 1. The molecule has 1 aliphatic carbocycles. The maximum absolute atomic E-state index is 11.7. The third-order valence-electron chi connectivity index (χ3n) is 3.62. The van der Waals surface area contributed by atoms with Crippen LogP contribution in [0.25, 0.3) is 0 Å². The maximum atomic E-state index is 11.7. The minimum absolute atomic E-state index is 0.113. The van der Waals surface area contributed by atoms with E-state index in [-0.39, 0.29) is 18.1 Å². The van der Waals surface area contributed by atoms with Gasteiger partial charge in [0.2, 0.25) is 0 Å². The molecule has 0 aliphatic heterocycles. The molecule has 0 heterocycles. The lowest BCUT2D eigenvalue weighted by atomic mass is 9.87. The van der Waals surface area contributed by atoms with Gasteiger partial charge < -0.3 is 15.2 Å². The molecule has 1 saturated carbocycles. The lowest BCUT2D eigenvalue weighted by Crippen LogP contribution is -2.41. The van der Waals surface area contributed by atoms with Crippen molar-refractivity contribution in [2.24, 2.45) is 5.92 Å². The van der Waals surface area contributed by atoms with Crippen molar-refractivity contribution in [3.63, 3.8) is 0 Å². The van der Waals surface area contributed by atoms with Gasteiger partial charge in [0.25, 0.3) is 0 Å². The van der Waals surface area contributed by atoms with Crippen molar-refractivity contribution in [3.05, 3.63) is 0 Å². The van der Waals surface area contributed by atoms with E-state index < -0.39 is 0 Å². The van der Waals surface area contributed by atoms with Crippen LogP contribution in [0.3, 0.4) is 0 Å². The quantitative estimate of drug-likeness (QED) is 0.683. The van der Waals surface area contributed by atoms with Crippen molar-refractivity contribution in [1.82, 2.24) is 5.32 Å². The minimum atomic E-state index is -0.165. The van der Waals surface area contributed by atoms with Gasteiger partial charge in [-0.05, 0) is 51.5 Å². The van der Waals surface area contributed by atoms with Gasteiger partial charge in [0, 0.05) is 0 Å². The number of ether oxygens (including phenoxy) is 1. The average molecular weight is 257 g/mol. The summed E-state index contributed by atoms with van der Waals surface area (Å²) in [6, 6.07) is -0.165. The van der Waals surface area contributed by atoms with E-state index in [4.69, 9.17) is 4.74 Å². The van der Waals surface area contributed by atoms with Crippen LogP contribution in [-0.2, 0) is 9.53 Å². The summed E-state index contributed by atoms with van der Waals surface area (Å²) in [6.07, 6.45) is 5.58.